The number of methoxy groups -OCH3 is 1. The summed E-state index contributed by atoms with van der Waals surface area (Å²) in [6, 6.07) is 19.2. The molecule has 5 rings (SSSR count). The molecule has 0 saturated heterocycles. The smallest absolute Gasteiger partial charge is 0.336 e. The van der Waals surface area contributed by atoms with E-state index < -0.39 is 11.9 Å². The van der Waals surface area contributed by atoms with Gasteiger partial charge in [0.2, 0.25) is 0 Å². The standard InChI is InChI=1S/C30H25BrINO5/c1-4-37-30(35)24-16(2)33-27-20-7-5-6-8-21(20)28(34)26(27)25(24)18-13-22(32)29(23(14-18)36-3)38-15-17-9-11-19(31)12-10-17/h5-14,25,33H,4,15H2,1-3H3/t25-/m1/s1. The lowest BCUT2D eigenvalue weighted by atomic mass is 9.79. The van der Waals surface area contributed by atoms with E-state index in [4.69, 9.17) is 14.2 Å². The van der Waals surface area contributed by atoms with Crippen molar-refractivity contribution >= 4 is 56.0 Å². The molecule has 1 atom stereocenters. The number of Topliss-reactive ketones (excluding diaryl/α,β-unsaturated/α-hetero) is 1. The number of esters is 1. The second-order valence-corrected chi connectivity index (χ2v) is 11.0. The average molecular weight is 686 g/mol. The van der Waals surface area contributed by atoms with Crippen LogP contribution < -0.4 is 14.8 Å². The van der Waals surface area contributed by atoms with Crippen LogP contribution in [0.15, 0.2) is 82.0 Å². The minimum atomic E-state index is -0.631. The molecule has 1 N–H and O–H groups in total. The summed E-state index contributed by atoms with van der Waals surface area (Å²) < 4.78 is 19.2. The third kappa shape index (κ3) is 4.75. The molecule has 1 heterocycles. The lowest BCUT2D eigenvalue weighted by Gasteiger charge is -2.30. The Hall–Kier alpha value is -3.11. The zero-order valence-corrected chi connectivity index (χ0v) is 24.8. The van der Waals surface area contributed by atoms with Crippen molar-refractivity contribution in [2.75, 3.05) is 13.7 Å². The number of allylic oxidation sites excluding steroid dienone is 2. The van der Waals surface area contributed by atoms with Crippen molar-refractivity contribution in [3.63, 3.8) is 0 Å². The van der Waals surface area contributed by atoms with Crippen molar-refractivity contribution in [3.8, 4) is 11.5 Å². The highest BCUT2D eigenvalue weighted by Crippen LogP contribution is 2.48. The van der Waals surface area contributed by atoms with Crippen LogP contribution in [0.2, 0.25) is 0 Å². The first-order valence-corrected chi connectivity index (χ1v) is 14.0. The van der Waals surface area contributed by atoms with Gasteiger partial charge < -0.3 is 19.5 Å². The number of dihydropyridines is 1. The topological polar surface area (TPSA) is 73.9 Å². The van der Waals surface area contributed by atoms with Crippen LogP contribution in [-0.4, -0.2) is 25.5 Å². The van der Waals surface area contributed by atoms with Gasteiger partial charge in [0.05, 0.1) is 28.6 Å². The first kappa shape index (κ1) is 26.5. The molecule has 0 saturated carbocycles. The van der Waals surface area contributed by atoms with E-state index >= 15 is 0 Å². The maximum absolute atomic E-state index is 13.7. The van der Waals surface area contributed by atoms with E-state index in [1.54, 1.807) is 14.0 Å². The SMILES string of the molecule is CCOC(=O)C1=C(C)NC2=C(C(=O)c3ccccc32)[C@@H]1c1cc(I)c(OCc2ccc(Br)cc2)c(OC)c1. The Morgan fingerprint density at radius 2 is 1.79 bits per heavy atom. The highest BCUT2D eigenvalue weighted by atomic mass is 127. The molecule has 0 aromatic heterocycles. The number of nitrogens with one attached hydrogen (secondary N) is 1. The Bertz CT molecular complexity index is 1510. The van der Waals surface area contributed by atoms with Crippen molar-refractivity contribution in [1.82, 2.24) is 5.32 Å². The Morgan fingerprint density at radius 1 is 1.08 bits per heavy atom. The Labute approximate surface area is 243 Å². The van der Waals surface area contributed by atoms with Gasteiger partial charge in [-0.15, -0.1) is 0 Å². The number of carbonyl (C=O) groups excluding carboxylic acids is 2. The fourth-order valence-electron chi connectivity index (χ4n) is 4.92. The number of ketones is 1. The summed E-state index contributed by atoms with van der Waals surface area (Å²) in [5, 5.41) is 3.33. The largest absolute Gasteiger partial charge is 0.493 e. The van der Waals surface area contributed by atoms with E-state index in [1.165, 1.54) is 0 Å². The van der Waals surface area contributed by atoms with E-state index in [1.807, 2.05) is 67.6 Å². The maximum Gasteiger partial charge on any atom is 0.336 e. The van der Waals surface area contributed by atoms with E-state index in [0.717, 1.165) is 30.4 Å². The molecule has 0 bridgehead atoms. The van der Waals surface area contributed by atoms with Crippen LogP contribution in [0.4, 0.5) is 0 Å². The summed E-state index contributed by atoms with van der Waals surface area (Å²) in [4.78, 5) is 26.9. The van der Waals surface area contributed by atoms with E-state index in [2.05, 4.69) is 43.8 Å². The van der Waals surface area contributed by atoms with Gasteiger partial charge in [-0.3, -0.25) is 4.79 Å². The van der Waals surface area contributed by atoms with Crippen LogP contribution in [0.1, 0.15) is 46.8 Å². The second-order valence-electron chi connectivity index (χ2n) is 8.93. The first-order chi connectivity index (χ1) is 18.3. The third-order valence-electron chi connectivity index (χ3n) is 6.63. The Balaban J connectivity index is 1.60. The summed E-state index contributed by atoms with van der Waals surface area (Å²) in [6.07, 6.45) is 0. The van der Waals surface area contributed by atoms with Crippen LogP contribution in [0.25, 0.3) is 5.70 Å². The molecule has 0 fully saturated rings. The van der Waals surface area contributed by atoms with Crippen molar-refractivity contribution in [2.24, 2.45) is 0 Å². The third-order valence-corrected chi connectivity index (χ3v) is 7.96. The highest BCUT2D eigenvalue weighted by molar-refractivity contribution is 14.1. The van der Waals surface area contributed by atoms with Gasteiger partial charge in [0.25, 0.3) is 0 Å². The van der Waals surface area contributed by atoms with Gasteiger partial charge in [-0.1, -0.05) is 52.3 Å². The molecule has 3 aromatic rings. The number of ether oxygens (including phenoxy) is 3. The number of benzene rings is 3. The molecule has 0 radical (unpaired) electrons. The second kappa shape index (κ2) is 10.9. The van der Waals surface area contributed by atoms with E-state index in [0.29, 0.717) is 40.5 Å². The monoisotopic (exact) mass is 685 g/mol. The molecule has 1 aliphatic carbocycles. The molecule has 0 amide bonds. The summed E-state index contributed by atoms with van der Waals surface area (Å²) >= 11 is 5.66. The number of rotatable bonds is 7. The lowest BCUT2D eigenvalue weighted by molar-refractivity contribution is -0.138. The van der Waals surface area contributed by atoms with Crippen molar-refractivity contribution in [2.45, 2.75) is 26.4 Å². The van der Waals surface area contributed by atoms with Gasteiger partial charge >= 0.3 is 5.97 Å². The van der Waals surface area contributed by atoms with E-state index in [-0.39, 0.29) is 12.4 Å². The molecular weight excluding hydrogens is 661 g/mol. The van der Waals surface area contributed by atoms with Gasteiger partial charge in [0.1, 0.15) is 6.61 Å². The minimum absolute atomic E-state index is 0.105. The van der Waals surface area contributed by atoms with Crippen LogP contribution in [0, 0.1) is 3.57 Å². The predicted octanol–water partition coefficient (Wildman–Crippen LogP) is 6.77. The van der Waals surface area contributed by atoms with Crippen molar-refractivity contribution in [3.05, 3.63) is 108 Å². The van der Waals surface area contributed by atoms with Crippen LogP contribution >= 0.6 is 38.5 Å². The van der Waals surface area contributed by atoms with E-state index in [9.17, 15) is 9.59 Å². The molecular formula is C30H25BrINO5. The molecule has 0 unspecified atom stereocenters. The minimum Gasteiger partial charge on any atom is -0.493 e. The molecule has 8 heteroatoms. The zero-order chi connectivity index (χ0) is 27.0. The molecule has 3 aromatic carbocycles. The summed E-state index contributed by atoms with van der Waals surface area (Å²) in [6.45, 7) is 4.20. The number of fused-ring (bicyclic) bond motifs is 2. The molecule has 194 valence electrons. The van der Waals surface area contributed by atoms with Crippen LogP contribution in [0.3, 0.4) is 0 Å². The fraction of sp³-hybridized carbons (Fsp3) is 0.200. The molecule has 2 aliphatic rings. The normalized spacial score (nSPS) is 16.1. The van der Waals surface area contributed by atoms with Crippen LogP contribution in [0.5, 0.6) is 11.5 Å². The molecule has 1 aliphatic heterocycles. The zero-order valence-electron chi connectivity index (χ0n) is 21.1. The maximum atomic E-state index is 13.7. The quantitative estimate of drug-likeness (QED) is 0.219. The summed E-state index contributed by atoms with van der Waals surface area (Å²) in [5.74, 6) is -0.0710. The summed E-state index contributed by atoms with van der Waals surface area (Å²) in [5.41, 5.74) is 5.53. The summed E-state index contributed by atoms with van der Waals surface area (Å²) in [7, 11) is 1.58. The van der Waals surface area contributed by atoms with Crippen molar-refractivity contribution in [1.29, 1.82) is 0 Å². The fourth-order valence-corrected chi connectivity index (χ4v) is 5.97. The van der Waals surface area contributed by atoms with Gasteiger partial charge in [-0.25, -0.2) is 4.79 Å². The van der Waals surface area contributed by atoms with Gasteiger partial charge in [-0.05, 0) is 71.8 Å². The Kier molecular flexibility index (Phi) is 7.63. The lowest BCUT2D eigenvalue weighted by Crippen LogP contribution is -2.29. The number of carbonyl (C=O) groups is 2. The van der Waals surface area contributed by atoms with Crippen molar-refractivity contribution < 1.29 is 23.8 Å². The van der Waals surface area contributed by atoms with Gasteiger partial charge in [-0.2, -0.15) is 0 Å². The average Bonchev–Trinajstić information content (AvgIpc) is 3.19. The number of hydrogen-bond acceptors (Lipinski definition) is 6. The first-order valence-electron chi connectivity index (χ1n) is 12.1. The number of halogens is 2. The predicted molar refractivity (Wildman–Crippen MR) is 157 cm³/mol. The Morgan fingerprint density at radius 3 is 2.47 bits per heavy atom. The van der Waals surface area contributed by atoms with Gasteiger partial charge in [0.15, 0.2) is 17.3 Å². The van der Waals surface area contributed by atoms with Gasteiger partial charge in [0, 0.05) is 32.8 Å². The molecule has 6 nitrogen and oxygen atoms in total. The van der Waals surface area contributed by atoms with Crippen LogP contribution in [-0.2, 0) is 16.1 Å². The highest BCUT2D eigenvalue weighted by Gasteiger charge is 2.43. The molecule has 0 spiro atoms. The molecule has 38 heavy (non-hydrogen) atoms. The number of hydrogen-bond donors (Lipinski definition) is 1.